The van der Waals surface area contributed by atoms with E-state index in [-0.39, 0.29) is 6.71 Å². The van der Waals surface area contributed by atoms with Crippen LogP contribution in [0.1, 0.15) is 33.4 Å². The lowest BCUT2D eigenvalue weighted by Crippen LogP contribution is -2.55. The number of anilines is 3. The van der Waals surface area contributed by atoms with Crippen molar-refractivity contribution < 1.29 is 0 Å². The average Bonchev–Trinajstić information content (AvgIpc) is 3.21. The molecule has 0 amide bonds. The lowest BCUT2D eigenvalue weighted by atomic mass is 9.34. The van der Waals surface area contributed by atoms with E-state index in [4.69, 9.17) is 9.97 Å². The Kier molecular flexibility index (Phi) is 10.2. The van der Waals surface area contributed by atoms with Gasteiger partial charge in [0.05, 0.1) is 0 Å². The monoisotopic (exact) mass is 723 g/mol. The first-order chi connectivity index (χ1) is 27.2. The van der Waals surface area contributed by atoms with Crippen LogP contribution in [-0.2, 0) is 0 Å². The van der Waals surface area contributed by atoms with E-state index in [1.807, 2.05) is 30.5 Å². The van der Waals surface area contributed by atoms with Gasteiger partial charge in [0.25, 0.3) is 0 Å². The molecule has 0 atom stereocenters. The number of hydrogen-bond acceptors (Lipinski definition) is 3. The second-order valence-electron chi connectivity index (χ2n) is 15.1. The molecule has 8 aromatic rings. The highest BCUT2D eigenvalue weighted by Gasteiger charge is 2.29. The van der Waals surface area contributed by atoms with E-state index < -0.39 is 0 Å². The summed E-state index contributed by atoms with van der Waals surface area (Å²) in [6, 6.07) is 58.8. The van der Waals surface area contributed by atoms with Crippen molar-refractivity contribution >= 4 is 40.3 Å². The normalized spacial score (nSPS) is 11.0. The predicted octanol–water partition coefficient (Wildman–Crippen LogP) is 11.3. The molecule has 1 heterocycles. The molecule has 3 nitrogen and oxygen atoms in total. The third kappa shape index (κ3) is 7.43. The topological polar surface area (TPSA) is 29.0 Å². The summed E-state index contributed by atoms with van der Waals surface area (Å²) in [6.45, 7) is 13.5. The second kappa shape index (κ2) is 15.7. The summed E-state index contributed by atoms with van der Waals surface area (Å²) in [5.74, 6) is 1.48. The Balaban J connectivity index is 1.34. The number of nitrogens with zero attached hydrogens (tertiary/aromatic N) is 3. The number of benzene rings is 7. The van der Waals surface area contributed by atoms with E-state index in [1.165, 1.54) is 49.8 Å². The zero-order valence-electron chi connectivity index (χ0n) is 33.1. The van der Waals surface area contributed by atoms with Crippen LogP contribution < -0.4 is 21.3 Å². The average molecular weight is 724 g/mol. The zero-order chi connectivity index (χ0) is 38.8. The summed E-state index contributed by atoms with van der Waals surface area (Å²) in [5, 5.41) is 0. The molecule has 7 aromatic carbocycles. The Morgan fingerprint density at radius 3 is 1.32 bits per heavy atom. The first-order valence-corrected chi connectivity index (χ1v) is 19.4. The number of rotatable bonds is 9. The molecule has 8 rings (SSSR count). The molecule has 0 aliphatic rings. The van der Waals surface area contributed by atoms with Crippen LogP contribution in [0.5, 0.6) is 0 Å². The highest BCUT2D eigenvalue weighted by molar-refractivity contribution is 6.96. The summed E-state index contributed by atoms with van der Waals surface area (Å²) in [7, 11) is 0. The summed E-state index contributed by atoms with van der Waals surface area (Å²) in [4.78, 5) is 12.2. The fourth-order valence-corrected chi connectivity index (χ4v) is 8.54. The van der Waals surface area contributed by atoms with Gasteiger partial charge in [0.15, 0.2) is 5.82 Å². The van der Waals surface area contributed by atoms with Crippen LogP contribution in [0.15, 0.2) is 170 Å². The van der Waals surface area contributed by atoms with Gasteiger partial charge in [0, 0.05) is 23.1 Å². The van der Waals surface area contributed by atoms with E-state index >= 15 is 0 Å². The summed E-state index contributed by atoms with van der Waals surface area (Å²) in [6.07, 6.45) is 1.87. The standard InChI is InChI=1S/C52H46BN3/c1-35-28-37(3)50(38(4)29-35)53(51-39(5)30-36(2)31-40(51)6)46-22-24-47(25-23-46)56(49-26-27-54-52(55-49)43-20-14-9-15-21-43)48-33-44(41-16-10-7-11-17-41)32-45(34-48)42-18-12-8-13-19-42/h7-34H,1-6H3. The molecule has 0 saturated heterocycles. The smallest absolute Gasteiger partial charge is 0.242 e. The van der Waals surface area contributed by atoms with Crippen LogP contribution in [0, 0.1) is 41.5 Å². The highest BCUT2D eigenvalue weighted by atomic mass is 15.2. The van der Waals surface area contributed by atoms with Gasteiger partial charge in [-0.05, 0) is 100 Å². The van der Waals surface area contributed by atoms with Crippen molar-refractivity contribution in [1.82, 2.24) is 9.97 Å². The van der Waals surface area contributed by atoms with Crippen molar-refractivity contribution in [3.05, 3.63) is 203 Å². The van der Waals surface area contributed by atoms with Crippen molar-refractivity contribution in [3.63, 3.8) is 0 Å². The third-order valence-corrected chi connectivity index (χ3v) is 10.8. The second-order valence-corrected chi connectivity index (χ2v) is 15.1. The fourth-order valence-electron chi connectivity index (χ4n) is 8.54. The van der Waals surface area contributed by atoms with Crippen molar-refractivity contribution in [1.29, 1.82) is 0 Å². The largest absolute Gasteiger partial charge is 0.295 e. The van der Waals surface area contributed by atoms with Gasteiger partial charge in [-0.3, -0.25) is 4.90 Å². The Morgan fingerprint density at radius 2 is 0.857 bits per heavy atom. The van der Waals surface area contributed by atoms with Gasteiger partial charge < -0.3 is 0 Å². The minimum absolute atomic E-state index is 0.0773. The number of aryl methyl sites for hydroxylation is 6. The Morgan fingerprint density at radius 1 is 0.411 bits per heavy atom. The molecule has 272 valence electrons. The van der Waals surface area contributed by atoms with Gasteiger partial charge in [0.2, 0.25) is 6.71 Å². The lowest BCUT2D eigenvalue weighted by Gasteiger charge is -2.28. The maximum absolute atomic E-state index is 5.23. The van der Waals surface area contributed by atoms with E-state index in [9.17, 15) is 0 Å². The maximum Gasteiger partial charge on any atom is 0.242 e. The Bertz CT molecular complexity index is 2470. The zero-order valence-corrected chi connectivity index (χ0v) is 33.1. The molecular formula is C52H46BN3. The summed E-state index contributed by atoms with van der Waals surface area (Å²) < 4.78 is 0. The molecule has 1 aromatic heterocycles. The van der Waals surface area contributed by atoms with Crippen molar-refractivity contribution in [2.45, 2.75) is 41.5 Å². The van der Waals surface area contributed by atoms with Crippen LogP contribution in [0.25, 0.3) is 33.6 Å². The molecule has 0 spiro atoms. The molecule has 0 aliphatic carbocycles. The molecule has 0 fully saturated rings. The van der Waals surface area contributed by atoms with Gasteiger partial charge in [0.1, 0.15) is 5.82 Å². The van der Waals surface area contributed by atoms with Gasteiger partial charge in [-0.15, -0.1) is 0 Å². The van der Waals surface area contributed by atoms with Crippen molar-refractivity contribution in [3.8, 4) is 33.6 Å². The summed E-state index contributed by atoms with van der Waals surface area (Å²) >= 11 is 0. The van der Waals surface area contributed by atoms with E-state index in [0.717, 1.165) is 45.0 Å². The van der Waals surface area contributed by atoms with E-state index in [1.54, 1.807) is 0 Å². The molecule has 4 heteroatoms. The SMILES string of the molecule is Cc1cc(C)c(B(c2ccc(N(c3cc(-c4ccccc4)cc(-c4ccccc4)c3)c3ccnc(-c4ccccc4)n3)cc2)c2c(C)cc(C)cc2C)c(C)c1. The van der Waals surface area contributed by atoms with Crippen molar-refractivity contribution in [2.75, 3.05) is 4.90 Å². The lowest BCUT2D eigenvalue weighted by molar-refractivity contribution is 1.12. The quantitative estimate of drug-likeness (QED) is 0.139. The van der Waals surface area contributed by atoms with Crippen LogP contribution in [0.4, 0.5) is 17.2 Å². The van der Waals surface area contributed by atoms with Crippen LogP contribution in [-0.4, -0.2) is 16.7 Å². The first kappa shape index (κ1) is 36.5. The van der Waals surface area contributed by atoms with E-state index in [0.29, 0.717) is 5.82 Å². The molecule has 0 unspecified atom stereocenters. The van der Waals surface area contributed by atoms with Crippen LogP contribution in [0.3, 0.4) is 0 Å². The minimum atomic E-state index is 0.0773. The van der Waals surface area contributed by atoms with Gasteiger partial charge in [-0.1, -0.05) is 177 Å². The molecule has 0 aliphatic heterocycles. The van der Waals surface area contributed by atoms with Crippen LogP contribution >= 0.6 is 0 Å². The predicted molar refractivity (Wildman–Crippen MR) is 239 cm³/mol. The molecule has 0 bridgehead atoms. The Hall–Kier alpha value is -6.52. The summed E-state index contributed by atoms with van der Waals surface area (Å²) in [5.41, 5.74) is 19.5. The molecule has 0 saturated carbocycles. The van der Waals surface area contributed by atoms with Gasteiger partial charge >= 0.3 is 0 Å². The maximum atomic E-state index is 5.23. The molecule has 0 N–H and O–H groups in total. The van der Waals surface area contributed by atoms with Crippen LogP contribution in [0.2, 0.25) is 0 Å². The van der Waals surface area contributed by atoms with Gasteiger partial charge in [-0.2, -0.15) is 0 Å². The first-order valence-electron chi connectivity index (χ1n) is 19.4. The minimum Gasteiger partial charge on any atom is -0.295 e. The molecular weight excluding hydrogens is 677 g/mol. The fraction of sp³-hybridized carbons (Fsp3) is 0.115. The van der Waals surface area contributed by atoms with Crippen molar-refractivity contribution in [2.24, 2.45) is 0 Å². The Labute approximate surface area is 332 Å². The third-order valence-electron chi connectivity index (χ3n) is 10.8. The molecule has 0 radical (unpaired) electrons. The highest BCUT2D eigenvalue weighted by Crippen LogP contribution is 2.39. The number of hydrogen-bond donors (Lipinski definition) is 0. The molecule has 56 heavy (non-hydrogen) atoms. The number of aromatic nitrogens is 2. The van der Waals surface area contributed by atoms with E-state index in [2.05, 4.69) is 186 Å². The van der Waals surface area contributed by atoms with Gasteiger partial charge in [-0.25, -0.2) is 9.97 Å².